The van der Waals surface area contributed by atoms with Gasteiger partial charge in [-0.25, -0.2) is 0 Å². The molecule has 0 unspecified atom stereocenters. The number of hydrogen-bond donors (Lipinski definition) is 3. The van der Waals surface area contributed by atoms with Gasteiger partial charge in [-0.3, -0.25) is 25.8 Å². The van der Waals surface area contributed by atoms with Crippen molar-refractivity contribution in [3.05, 3.63) is 83.4 Å². The number of amides is 2. The SMILES string of the molecule is CC(C)c1ccc(C(=O)NC(=S)NNC(=O)Cc2cccc3ccccc23)cc1. The van der Waals surface area contributed by atoms with Gasteiger partial charge in [0.15, 0.2) is 5.11 Å². The van der Waals surface area contributed by atoms with Gasteiger partial charge in [0.2, 0.25) is 5.91 Å². The third-order valence-corrected chi connectivity index (χ3v) is 4.82. The highest BCUT2D eigenvalue weighted by atomic mass is 32.1. The lowest BCUT2D eigenvalue weighted by molar-refractivity contribution is -0.121. The molecule has 3 aromatic carbocycles. The summed E-state index contributed by atoms with van der Waals surface area (Å²) in [5.41, 5.74) is 7.69. The molecule has 0 aliphatic carbocycles. The first-order valence-corrected chi connectivity index (χ1v) is 9.81. The van der Waals surface area contributed by atoms with Crippen LogP contribution in [-0.4, -0.2) is 16.9 Å². The average molecular weight is 406 g/mol. The number of carbonyl (C=O) groups excluding carboxylic acids is 2. The van der Waals surface area contributed by atoms with E-state index in [1.54, 1.807) is 12.1 Å². The van der Waals surface area contributed by atoms with E-state index in [9.17, 15) is 9.59 Å². The van der Waals surface area contributed by atoms with E-state index in [0.29, 0.717) is 11.5 Å². The van der Waals surface area contributed by atoms with Crippen molar-refractivity contribution in [1.82, 2.24) is 16.2 Å². The van der Waals surface area contributed by atoms with Crippen LogP contribution in [-0.2, 0) is 11.2 Å². The molecule has 3 rings (SSSR count). The van der Waals surface area contributed by atoms with Gasteiger partial charge in [-0.15, -0.1) is 0 Å². The number of nitrogens with one attached hydrogen (secondary N) is 3. The molecule has 3 N–H and O–H groups in total. The van der Waals surface area contributed by atoms with Crippen LogP contribution in [0.2, 0.25) is 0 Å². The number of carbonyl (C=O) groups is 2. The lowest BCUT2D eigenvalue weighted by Crippen LogP contribution is -2.48. The van der Waals surface area contributed by atoms with Gasteiger partial charge in [0.25, 0.3) is 5.91 Å². The smallest absolute Gasteiger partial charge is 0.257 e. The van der Waals surface area contributed by atoms with Gasteiger partial charge in [-0.1, -0.05) is 68.4 Å². The lowest BCUT2D eigenvalue weighted by Gasteiger charge is -2.12. The van der Waals surface area contributed by atoms with Crippen LogP contribution >= 0.6 is 12.2 Å². The molecule has 148 valence electrons. The first-order chi connectivity index (χ1) is 13.9. The van der Waals surface area contributed by atoms with Crippen molar-refractivity contribution >= 4 is 39.9 Å². The number of hydrogen-bond acceptors (Lipinski definition) is 3. The summed E-state index contributed by atoms with van der Waals surface area (Å²) in [4.78, 5) is 24.5. The van der Waals surface area contributed by atoms with Crippen LogP contribution in [0.1, 0.15) is 41.3 Å². The zero-order chi connectivity index (χ0) is 20.8. The predicted molar refractivity (Wildman–Crippen MR) is 120 cm³/mol. The van der Waals surface area contributed by atoms with E-state index in [1.807, 2.05) is 54.6 Å². The monoisotopic (exact) mass is 405 g/mol. The number of fused-ring (bicyclic) bond motifs is 1. The minimum Gasteiger partial charge on any atom is -0.298 e. The first-order valence-electron chi connectivity index (χ1n) is 9.41. The molecule has 0 saturated carbocycles. The van der Waals surface area contributed by atoms with Crippen molar-refractivity contribution in [3.8, 4) is 0 Å². The van der Waals surface area contributed by atoms with Crippen molar-refractivity contribution in [2.24, 2.45) is 0 Å². The van der Waals surface area contributed by atoms with Crippen LogP contribution in [0, 0.1) is 0 Å². The largest absolute Gasteiger partial charge is 0.298 e. The Morgan fingerprint density at radius 1 is 0.897 bits per heavy atom. The Kier molecular flexibility index (Phi) is 6.57. The Labute approximate surface area is 175 Å². The minimum absolute atomic E-state index is 0.0363. The fourth-order valence-corrected chi connectivity index (χ4v) is 3.16. The highest BCUT2D eigenvalue weighted by Crippen LogP contribution is 2.18. The molecule has 0 saturated heterocycles. The average Bonchev–Trinajstić information content (AvgIpc) is 2.72. The van der Waals surface area contributed by atoms with Gasteiger partial charge in [0, 0.05) is 5.56 Å². The van der Waals surface area contributed by atoms with Gasteiger partial charge in [0.1, 0.15) is 0 Å². The summed E-state index contributed by atoms with van der Waals surface area (Å²) >= 11 is 5.10. The van der Waals surface area contributed by atoms with Crippen molar-refractivity contribution in [2.75, 3.05) is 0 Å². The lowest BCUT2D eigenvalue weighted by atomic mass is 10.0. The Balaban J connectivity index is 1.52. The molecule has 3 aromatic rings. The van der Waals surface area contributed by atoms with Crippen LogP contribution < -0.4 is 16.2 Å². The molecule has 0 atom stereocenters. The van der Waals surface area contributed by atoms with E-state index in [4.69, 9.17) is 12.2 Å². The molecule has 0 aliphatic heterocycles. The van der Waals surface area contributed by atoms with E-state index in [0.717, 1.165) is 21.9 Å². The summed E-state index contributed by atoms with van der Waals surface area (Å²) < 4.78 is 0. The second kappa shape index (κ2) is 9.30. The maximum atomic E-state index is 12.3. The summed E-state index contributed by atoms with van der Waals surface area (Å²) in [6.07, 6.45) is 0.196. The van der Waals surface area contributed by atoms with Crippen LogP contribution in [0.15, 0.2) is 66.7 Å². The number of thiocarbonyl (C=S) groups is 1. The molecule has 29 heavy (non-hydrogen) atoms. The van der Waals surface area contributed by atoms with Crippen molar-refractivity contribution < 1.29 is 9.59 Å². The summed E-state index contributed by atoms with van der Waals surface area (Å²) in [6, 6.07) is 21.1. The second-order valence-corrected chi connectivity index (χ2v) is 7.46. The van der Waals surface area contributed by atoms with Crippen molar-refractivity contribution in [3.63, 3.8) is 0 Å². The highest BCUT2D eigenvalue weighted by molar-refractivity contribution is 7.80. The van der Waals surface area contributed by atoms with E-state index in [1.165, 1.54) is 0 Å². The molecule has 0 aromatic heterocycles. The summed E-state index contributed by atoms with van der Waals surface area (Å²) in [7, 11) is 0. The molecule has 0 radical (unpaired) electrons. The Bertz CT molecular complexity index is 1040. The van der Waals surface area contributed by atoms with E-state index in [2.05, 4.69) is 30.0 Å². The van der Waals surface area contributed by atoms with Gasteiger partial charge in [-0.2, -0.15) is 0 Å². The van der Waals surface area contributed by atoms with Crippen LogP contribution in [0.25, 0.3) is 10.8 Å². The molecular weight excluding hydrogens is 382 g/mol. The zero-order valence-corrected chi connectivity index (χ0v) is 17.2. The Hall–Kier alpha value is -3.25. The van der Waals surface area contributed by atoms with Crippen LogP contribution in [0.4, 0.5) is 0 Å². The third-order valence-electron chi connectivity index (χ3n) is 4.61. The third kappa shape index (κ3) is 5.39. The van der Waals surface area contributed by atoms with E-state index < -0.39 is 0 Å². The van der Waals surface area contributed by atoms with Gasteiger partial charge < -0.3 is 0 Å². The number of hydrazine groups is 1. The van der Waals surface area contributed by atoms with Crippen LogP contribution in [0.5, 0.6) is 0 Å². The van der Waals surface area contributed by atoms with Gasteiger partial charge in [-0.05, 0) is 52.2 Å². The Morgan fingerprint density at radius 2 is 1.59 bits per heavy atom. The van der Waals surface area contributed by atoms with E-state index >= 15 is 0 Å². The summed E-state index contributed by atoms with van der Waals surface area (Å²) in [6.45, 7) is 4.18. The molecule has 0 aliphatic rings. The van der Waals surface area contributed by atoms with E-state index in [-0.39, 0.29) is 23.3 Å². The van der Waals surface area contributed by atoms with Crippen LogP contribution in [0.3, 0.4) is 0 Å². The molecular formula is C23H23N3O2S. The zero-order valence-electron chi connectivity index (χ0n) is 16.4. The fraction of sp³-hybridized carbons (Fsp3) is 0.174. The molecule has 0 spiro atoms. The minimum atomic E-state index is -0.332. The van der Waals surface area contributed by atoms with Crippen molar-refractivity contribution in [1.29, 1.82) is 0 Å². The standard InChI is InChI=1S/C23H23N3O2S/c1-15(2)16-10-12-18(13-11-16)22(28)24-23(29)26-25-21(27)14-19-8-5-7-17-6-3-4-9-20(17)19/h3-13,15H,14H2,1-2H3,(H,25,27)(H2,24,26,28,29). The number of rotatable bonds is 4. The topological polar surface area (TPSA) is 70.2 Å². The molecule has 2 amide bonds. The first kappa shape index (κ1) is 20.5. The molecule has 0 heterocycles. The number of benzene rings is 3. The van der Waals surface area contributed by atoms with Gasteiger partial charge >= 0.3 is 0 Å². The normalized spacial score (nSPS) is 10.6. The fourth-order valence-electron chi connectivity index (χ4n) is 3.02. The van der Waals surface area contributed by atoms with Gasteiger partial charge in [0.05, 0.1) is 6.42 Å². The predicted octanol–water partition coefficient (Wildman–Crippen LogP) is 3.84. The molecule has 0 fully saturated rings. The summed E-state index contributed by atoms with van der Waals surface area (Å²) in [5, 5.41) is 4.71. The second-order valence-electron chi connectivity index (χ2n) is 7.05. The quantitative estimate of drug-likeness (QED) is 0.456. The highest BCUT2D eigenvalue weighted by Gasteiger charge is 2.10. The molecule has 0 bridgehead atoms. The van der Waals surface area contributed by atoms with Crippen molar-refractivity contribution in [2.45, 2.75) is 26.2 Å². The molecule has 6 heteroatoms. The Morgan fingerprint density at radius 3 is 2.31 bits per heavy atom. The summed E-state index contributed by atoms with van der Waals surface area (Å²) in [5.74, 6) is -0.188. The maximum Gasteiger partial charge on any atom is 0.257 e. The maximum absolute atomic E-state index is 12.3. The molecule has 5 nitrogen and oxygen atoms in total.